The van der Waals surface area contributed by atoms with Gasteiger partial charge in [0.2, 0.25) is 0 Å². The van der Waals surface area contributed by atoms with E-state index in [1.54, 1.807) is 0 Å². The third-order valence-electron chi connectivity index (χ3n) is 2.74. The molecule has 10 heavy (non-hydrogen) atoms. The molecular formula is C7H13NOS. The standard InChI is InChI=1S/C7H13NOS/c8-10(9)5-7(6-10)3-1-2-4-7/h8H,1-6H2. The lowest BCUT2D eigenvalue weighted by Crippen LogP contribution is -2.45. The predicted molar refractivity (Wildman–Crippen MR) is 41.5 cm³/mol. The zero-order chi connectivity index (χ0) is 7.24. The van der Waals surface area contributed by atoms with E-state index in [0.29, 0.717) is 16.9 Å². The molecule has 2 aliphatic rings. The molecule has 0 aromatic rings. The van der Waals surface area contributed by atoms with Gasteiger partial charge in [-0.3, -0.25) is 4.78 Å². The normalized spacial score (nSPS) is 34.0. The van der Waals surface area contributed by atoms with Crippen molar-refractivity contribution < 1.29 is 4.21 Å². The van der Waals surface area contributed by atoms with Crippen LogP contribution in [0.1, 0.15) is 25.7 Å². The summed E-state index contributed by atoms with van der Waals surface area (Å²) in [6.07, 6.45) is 5.08. The summed E-state index contributed by atoms with van der Waals surface area (Å²) in [5, 5.41) is 0. The van der Waals surface area contributed by atoms with Crippen LogP contribution in [0.2, 0.25) is 0 Å². The average molecular weight is 159 g/mol. The van der Waals surface area contributed by atoms with Crippen LogP contribution in [0, 0.1) is 10.2 Å². The van der Waals surface area contributed by atoms with E-state index in [4.69, 9.17) is 4.78 Å². The zero-order valence-corrected chi connectivity index (χ0v) is 6.88. The van der Waals surface area contributed by atoms with Gasteiger partial charge in [0, 0.05) is 21.2 Å². The van der Waals surface area contributed by atoms with Crippen LogP contribution in [0.3, 0.4) is 0 Å². The van der Waals surface area contributed by atoms with Crippen LogP contribution < -0.4 is 0 Å². The van der Waals surface area contributed by atoms with E-state index in [9.17, 15) is 4.21 Å². The Labute approximate surface area is 62.0 Å². The van der Waals surface area contributed by atoms with E-state index in [-0.39, 0.29) is 0 Å². The Bertz CT molecular complexity index is 222. The van der Waals surface area contributed by atoms with Crippen LogP contribution in [0.5, 0.6) is 0 Å². The lowest BCUT2D eigenvalue weighted by Gasteiger charge is -2.39. The summed E-state index contributed by atoms with van der Waals surface area (Å²) < 4.78 is 18.4. The number of hydrogen-bond acceptors (Lipinski definition) is 2. The first-order valence-corrected chi connectivity index (χ1v) is 5.76. The van der Waals surface area contributed by atoms with Gasteiger partial charge in [-0.25, -0.2) is 4.21 Å². The molecule has 0 bridgehead atoms. The van der Waals surface area contributed by atoms with Crippen molar-refractivity contribution in [3.05, 3.63) is 0 Å². The van der Waals surface area contributed by atoms with E-state index in [1.165, 1.54) is 25.7 Å². The lowest BCUT2D eigenvalue weighted by atomic mass is 9.90. The molecule has 0 unspecified atom stereocenters. The molecule has 3 heteroatoms. The maximum atomic E-state index is 11.1. The zero-order valence-electron chi connectivity index (χ0n) is 6.06. The number of rotatable bonds is 0. The highest BCUT2D eigenvalue weighted by Crippen LogP contribution is 2.47. The molecule has 0 radical (unpaired) electrons. The molecule has 1 aliphatic heterocycles. The maximum Gasteiger partial charge on any atom is 0.0453 e. The van der Waals surface area contributed by atoms with Crippen molar-refractivity contribution >= 4 is 9.73 Å². The molecule has 0 aromatic heterocycles. The summed E-state index contributed by atoms with van der Waals surface area (Å²) in [5.74, 6) is 1.42. The number of hydrogen-bond donors (Lipinski definition) is 1. The molecule has 58 valence electrons. The molecule has 0 amide bonds. The molecule has 1 heterocycles. The fourth-order valence-electron chi connectivity index (χ4n) is 2.36. The Morgan fingerprint density at radius 2 is 1.70 bits per heavy atom. The first kappa shape index (κ1) is 6.65. The van der Waals surface area contributed by atoms with Crippen LogP contribution >= 0.6 is 0 Å². The van der Waals surface area contributed by atoms with E-state index < -0.39 is 9.73 Å². The molecule has 2 nitrogen and oxygen atoms in total. The van der Waals surface area contributed by atoms with Crippen molar-refractivity contribution in [3.63, 3.8) is 0 Å². The largest absolute Gasteiger partial charge is 0.253 e. The van der Waals surface area contributed by atoms with Gasteiger partial charge in [-0.05, 0) is 18.3 Å². The fraction of sp³-hybridized carbons (Fsp3) is 1.00. The van der Waals surface area contributed by atoms with Crippen molar-refractivity contribution in [2.45, 2.75) is 25.7 Å². The minimum absolute atomic E-state index is 0.388. The Hall–Kier alpha value is -0.0500. The van der Waals surface area contributed by atoms with E-state index in [2.05, 4.69) is 0 Å². The summed E-state index contributed by atoms with van der Waals surface area (Å²) >= 11 is 0. The highest BCUT2D eigenvalue weighted by atomic mass is 32.2. The molecule has 1 N–H and O–H groups in total. The summed E-state index contributed by atoms with van der Waals surface area (Å²) in [4.78, 5) is 0. The van der Waals surface area contributed by atoms with E-state index in [0.717, 1.165) is 0 Å². The Morgan fingerprint density at radius 3 is 2.10 bits per heavy atom. The number of nitrogens with one attached hydrogen (secondary N) is 1. The topological polar surface area (TPSA) is 40.9 Å². The molecular weight excluding hydrogens is 146 g/mol. The highest BCUT2D eigenvalue weighted by molar-refractivity contribution is 7.93. The van der Waals surface area contributed by atoms with Gasteiger partial charge in [0.15, 0.2) is 0 Å². The second kappa shape index (κ2) is 1.76. The smallest absolute Gasteiger partial charge is 0.0453 e. The Balaban J connectivity index is 2.12. The minimum Gasteiger partial charge on any atom is -0.253 e. The van der Waals surface area contributed by atoms with Gasteiger partial charge in [0.1, 0.15) is 0 Å². The maximum absolute atomic E-state index is 11.1. The second-order valence-electron chi connectivity index (χ2n) is 3.81. The third kappa shape index (κ3) is 0.875. The molecule has 1 aliphatic carbocycles. The Morgan fingerprint density at radius 1 is 1.20 bits per heavy atom. The van der Waals surface area contributed by atoms with Crippen LogP contribution in [-0.2, 0) is 9.73 Å². The van der Waals surface area contributed by atoms with Gasteiger partial charge in [-0.15, -0.1) is 0 Å². The first-order chi connectivity index (χ1) is 4.62. The fourth-order valence-corrected chi connectivity index (χ4v) is 4.83. The summed E-state index contributed by atoms with van der Waals surface area (Å²) in [7, 11) is -2.07. The van der Waals surface area contributed by atoms with Gasteiger partial charge in [-0.2, -0.15) is 0 Å². The second-order valence-corrected chi connectivity index (χ2v) is 6.01. The van der Waals surface area contributed by atoms with Crippen LogP contribution in [0.4, 0.5) is 0 Å². The minimum atomic E-state index is -2.07. The SMILES string of the molecule is N=S1(=O)CC2(CCCC2)C1. The summed E-state index contributed by atoms with van der Waals surface area (Å²) in [6, 6.07) is 0. The average Bonchev–Trinajstić information content (AvgIpc) is 2.10. The van der Waals surface area contributed by atoms with Crippen molar-refractivity contribution in [2.24, 2.45) is 5.41 Å². The highest BCUT2D eigenvalue weighted by Gasteiger charge is 2.47. The van der Waals surface area contributed by atoms with Crippen molar-refractivity contribution in [3.8, 4) is 0 Å². The van der Waals surface area contributed by atoms with Gasteiger partial charge in [-0.1, -0.05) is 12.8 Å². The van der Waals surface area contributed by atoms with Crippen molar-refractivity contribution in [1.82, 2.24) is 0 Å². The molecule has 0 aromatic carbocycles. The van der Waals surface area contributed by atoms with Gasteiger partial charge in [0.05, 0.1) is 0 Å². The van der Waals surface area contributed by atoms with Crippen molar-refractivity contribution in [2.75, 3.05) is 11.5 Å². The molecule has 1 spiro atoms. The summed E-state index contributed by atoms with van der Waals surface area (Å²) in [5.41, 5.74) is 0.388. The van der Waals surface area contributed by atoms with E-state index in [1.807, 2.05) is 0 Å². The van der Waals surface area contributed by atoms with Gasteiger partial charge < -0.3 is 0 Å². The van der Waals surface area contributed by atoms with E-state index >= 15 is 0 Å². The van der Waals surface area contributed by atoms with Crippen molar-refractivity contribution in [1.29, 1.82) is 4.78 Å². The summed E-state index contributed by atoms with van der Waals surface area (Å²) in [6.45, 7) is 0. The monoisotopic (exact) mass is 159 g/mol. The molecule has 2 fully saturated rings. The molecule has 1 saturated carbocycles. The third-order valence-corrected chi connectivity index (χ3v) is 4.90. The molecule has 1 saturated heterocycles. The van der Waals surface area contributed by atoms with Crippen LogP contribution in [0.25, 0.3) is 0 Å². The molecule has 0 atom stereocenters. The molecule has 2 rings (SSSR count). The lowest BCUT2D eigenvalue weighted by molar-refractivity contribution is 0.357. The first-order valence-electron chi connectivity index (χ1n) is 3.86. The van der Waals surface area contributed by atoms with Gasteiger partial charge >= 0.3 is 0 Å². The van der Waals surface area contributed by atoms with Crippen LogP contribution in [0.15, 0.2) is 0 Å². The quantitative estimate of drug-likeness (QED) is 0.573. The Kier molecular flexibility index (Phi) is 1.17. The van der Waals surface area contributed by atoms with Gasteiger partial charge in [0.25, 0.3) is 0 Å². The predicted octanol–water partition coefficient (Wildman–Crippen LogP) is 1.61. The van der Waals surface area contributed by atoms with Crippen LogP contribution in [-0.4, -0.2) is 15.7 Å².